The summed E-state index contributed by atoms with van der Waals surface area (Å²) < 4.78 is 24.0. The number of nitrogens with one attached hydrogen (secondary N) is 1. The van der Waals surface area contributed by atoms with E-state index in [1.807, 2.05) is 6.07 Å². The van der Waals surface area contributed by atoms with Gasteiger partial charge in [-0.1, -0.05) is 0 Å². The van der Waals surface area contributed by atoms with Crippen molar-refractivity contribution in [3.8, 4) is 17.0 Å². The van der Waals surface area contributed by atoms with Gasteiger partial charge in [0.1, 0.15) is 29.2 Å². The van der Waals surface area contributed by atoms with Gasteiger partial charge in [-0.2, -0.15) is 0 Å². The molecule has 0 spiro atoms. The maximum Gasteiger partial charge on any atom is 0.235 e. The second-order valence-electron chi connectivity index (χ2n) is 5.73. The van der Waals surface area contributed by atoms with Crippen molar-refractivity contribution in [3.63, 3.8) is 0 Å². The Morgan fingerprint density at radius 2 is 2.04 bits per heavy atom. The zero-order valence-electron chi connectivity index (χ0n) is 14.6. The molecule has 3 aromatic heterocycles. The Bertz CT molecular complexity index is 1100. The Morgan fingerprint density at radius 1 is 1.15 bits per heavy atom. The number of methoxy groups -OCH3 is 1. The van der Waals surface area contributed by atoms with Crippen molar-refractivity contribution in [1.82, 2.24) is 25.1 Å². The zero-order chi connectivity index (χ0) is 18.8. The number of benzene rings is 1. The van der Waals surface area contributed by atoms with Crippen LogP contribution in [0.5, 0.6) is 5.75 Å². The van der Waals surface area contributed by atoms with E-state index in [2.05, 4.69) is 30.5 Å². The van der Waals surface area contributed by atoms with Crippen LogP contribution < -0.4 is 10.1 Å². The molecule has 0 saturated carbocycles. The summed E-state index contributed by atoms with van der Waals surface area (Å²) >= 11 is 0. The summed E-state index contributed by atoms with van der Waals surface area (Å²) in [5, 5.41) is 11.7. The van der Waals surface area contributed by atoms with Crippen LogP contribution in [0.2, 0.25) is 0 Å². The molecule has 9 heteroatoms. The number of rotatable bonds is 5. The number of hydrogen-bond donors (Lipinski definition) is 1. The van der Waals surface area contributed by atoms with E-state index in [0.717, 1.165) is 10.9 Å². The molecule has 0 radical (unpaired) electrons. The minimum atomic E-state index is -0.396. The van der Waals surface area contributed by atoms with E-state index >= 15 is 0 Å². The van der Waals surface area contributed by atoms with Crippen LogP contribution in [0.15, 0.2) is 41.2 Å². The van der Waals surface area contributed by atoms with Crippen molar-refractivity contribution >= 4 is 16.7 Å². The third-order valence-corrected chi connectivity index (χ3v) is 3.92. The van der Waals surface area contributed by atoms with Crippen LogP contribution in [0.4, 0.5) is 10.2 Å². The lowest BCUT2D eigenvalue weighted by Crippen LogP contribution is -2.03. The predicted molar refractivity (Wildman–Crippen MR) is 95.6 cm³/mol. The summed E-state index contributed by atoms with van der Waals surface area (Å²) in [5.41, 5.74) is 2.01. The number of halogens is 1. The monoisotopic (exact) mass is 366 g/mol. The number of aromatic nitrogens is 5. The van der Waals surface area contributed by atoms with Crippen LogP contribution >= 0.6 is 0 Å². The first-order valence-corrected chi connectivity index (χ1v) is 8.11. The Balaban J connectivity index is 1.77. The molecule has 4 aromatic rings. The van der Waals surface area contributed by atoms with E-state index in [-0.39, 0.29) is 0 Å². The lowest BCUT2D eigenvalue weighted by Gasteiger charge is -2.11. The van der Waals surface area contributed by atoms with Crippen LogP contribution in [0.25, 0.3) is 22.2 Å². The van der Waals surface area contributed by atoms with E-state index in [1.54, 1.807) is 26.2 Å². The summed E-state index contributed by atoms with van der Waals surface area (Å²) in [6.45, 7) is 2.04. The fourth-order valence-electron chi connectivity index (χ4n) is 2.69. The Morgan fingerprint density at radius 3 is 2.74 bits per heavy atom. The van der Waals surface area contributed by atoms with Crippen LogP contribution in [0.3, 0.4) is 0 Å². The van der Waals surface area contributed by atoms with E-state index in [9.17, 15) is 4.39 Å². The molecular formula is C18H15FN6O2. The lowest BCUT2D eigenvalue weighted by atomic mass is 10.1. The minimum Gasteiger partial charge on any atom is -0.494 e. The molecule has 8 nitrogen and oxygen atoms in total. The fourth-order valence-corrected chi connectivity index (χ4v) is 2.69. The Hall–Kier alpha value is -3.62. The van der Waals surface area contributed by atoms with E-state index in [1.165, 1.54) is 18.6 Å². The molecule has 136 valence electrons. The maximum absolute atomic E-state index is 13.2. The molecule has 27 heavy (non-hydrogen) atoms. The molecule has 0 atom stereocenters. The molecular weight excluding hydrogens is 351 g/mol. The number of hydrogen-bond acceptors (Lipinski definition) is 8. The van der Waals surface area contributed by atoms with Crippen LogP contribution in [-0.2, 0) is 6.54 Å². The first-order valence-electron chi connectivity index (χ1n) is 8.11. The first-order chi connectivity index (χ1) is 13.1. The van der Waals surface area contributed by atoms with Crippen molar-refractivity contribution in [1.29, 1.82) is 0 Å². The Labute approximate surface area is 153 Å². The zero-order valence-corrected chi connectivity index (χ0v) is 14.6. The maximum atomic E-state index is 13.2. The van der Waals surface area contributed by atoms with Gasteiger partial charge in [-0.05, 0) is 24.3 Å². The van der Waals surface area contributed by atoms with Crippen LogP contribution in [0, 0.1) is 12.7 Å². The summed E-state index contributed by atoms with van der Waals surface area (Å²) in [5.74, 6) is 1.69. The van der Waals surface area contributed by atoms with Gasteiger partial charge < -0.3 is 14.5 Å². The molecule has 0 aliphatic carbocycles. The number of ether oxygens (including phenoxy) is 1. The smallest absolute Gasteiger partial charge is 0.235 e. The topological polar surface area (TPSA) is 98.8 Å². The third kappa shape index (κ3) is 3.39. The average Bonchev–Trinajstić information content (AvgIpc) is 3.11. The normalized spacial score (nSPS) is 10.9. The van der Waals surface area contributed by atoms with Gasteiger partial charge in [0.05, 0.1) is 25.5 Å². The van der Waals surface area contributed by atoms with Gasteiger partial charge in [0.15, 0.2) is 0 Å². The molecule has 3 heterocycles. The summed E-state index contributed by atoms with van der Waals surface area (Å²) in [6.07, 6.45) is 2.62. The van der Waals surface area contributed by atoms with Gasteiger partial charge in [0.25, 0.3) is 0 Å². The third-order valence-electron chi connectivity index (χ3n) is 3.92. The van der Waals surface area contributed by atoms with E-state index < -0.39 is 5.82 Å². The molecule has 1 N–H and O–H groups in total. The fraction of sp³-hybridized carbons (Fsp3) is 0.167. The van der Waals surface area contributed by atoms with Crippen molar-refractivity contribution in [2.24, 2.45) is 0 Å². The lowest BCUT2D eigenvalue weighted by molar-refractivity contribution is 0.419. The Kier molecular flexibility index (Phi) is 4.33. The molecule has 0 unspecified atom stereocenters. The number of nitrogens with zero attached hydrogens (tertiary/aromatic N) is 5. The highest BCUT2D eigenvalue weighted by Crippen LogP contribution is 2.33. The van der Waals surface area contributed by atoms with Gasteiger partial charge in [0, 0.05) is 17.9 Å². The van der Waals surface area contributed by atoms with Crippen LogP contribution in [0.1, 0.15) is 11.8 Å². The van der Waals surface area contributed by atoms with Gasteiger partial charge in [0.2, 0.25) is 11.8 Å². The second kappa shape index (κ2) is 6.94. The molecule has 0 saturated heterocycles. The quantitative estimate of drug-likeness (QED) is 0.575. The number of anilines is 1. The highest BCUT2D eigenvalue weighted by molar-refractivity contribution is 5.96. The standard InChI is InChI=1S/C18H15FN6O2/c1-10-24-25-16(27-10)8-21-18-13-5-11(14-4-3-12(19)7-20-14)6-15(26-2)17(13)22-9-23-18/h3-7,9H,8H2,1-2H3,(H,21,22,23). The molecule has 0 amide bonds. The van der Waals surface area contributed by atoms with Gasteiger partial charge in [-0.3, -0.25) is 4.98 Å². The number of pyridine rings is 1. The summed E-state index contributed by atoms with van der Waals surface area (Å²) in [7, 11) is 1.56. The van der Waals surface area contributed by atoms with Crippen molar-refractivity contribution < 1.29 is 13.5 Å². The highest BCUT2D eigenvalue weighted by Gasteiger charge is 2.13. The number of fused-ring (bicyclic) bond motifs is 1. The number of aryl methyl sites for hydroxylation is 1. The molecule has 0 aliphatic heterocycles. The van der Waals surface area contributed by atoms with Gasteiger partial charge in [-0.25, -0.2) is 14.4 Å². The van der Waals surface area contributed by atoms with Crippen molar-refractivity contribution in [3.05, 3.63) is 54.4 Å². The average molecular weight is 366 g/mol. The molecule has 0 bridgehead atoms. The van der Waals surface area contributed by atoms with E-state index in [0.29, 0.717) is 41.1 Å². The molecule has 4 rings (SSSR count). The van der Waals surface area contributed by atoms with Crippen molar-refractivity contribution in [2.45, 2.75) is 13.5 Å². The van der Waals surface area contributed by atoms with Gasteiger partial charge in [-0.15, -0.1) is 10.2 Å². The molecule has 1 aromatic carbocycles. The first kappa shape index (κ1) is 16.8. The summed E-state index contributed by atoms with van der Waals surface area (Å²) in [4.78, 5) is 12.7. The molecule has 0 fully saturated rings. The van der Waals surface area contributed by atoms with Gasteiger partial charge >= 0.3 is 0 Å². The molecule has 0 aliphatic rings. The SMILES string of the molecule is COc1cc(-c2ccc(F)cn2)cc2c(NCc3nnc(C)o3)ncnc12. The van der Waals surface area contributed by atoms with E-state index in [4.69, 9.17) is 9.15 Å². The predicted octanol–water partition coefficient (Wildman–Crippen LogP) is 3.14. The second-order valence-corrected chi connectivity index (χ2v) is 5.73. The van der Waals surface area contributed by atoms with Crippen LogP contribution in [-0.4, -0.2) is 32.3 Å². The minimum absolute atomic E-state index is 0.314. The summed E-state index contributed by atoms with van der Waals surface area (Å²) in [6, 6.07) is 6.64. The van der Waals surface area contributed by atoms with Crippen molar-refractivity contribution in [2.75, 3.05) is 12.4 Å². The highest BCUT2D eigenvalue weighted by atomic mass is 19.1. The largest absolute Gasteiger partial charge is 0.494 e.